The van der Waals surface area contributed by atoms with Crippen molar-refractivity contribution in [1.82, 2.24) is 0 Å². The molecule has 0 N–H and O–H groups in total. The van der Waals surface area contributed by atoms with Gasteiger partial charge in [0.05, 0.1) is 5.38 Å². The zero-order valence-electron chi connectivity index (χ0n) is 7.35. The summed E-state index contributed by atoms with van der Waals surface area (Å²) in [5, 5.41) is -0.617. The third kappa shape index (κ3) is 16.9. The minimum absolute atomic E-state index is 0.137. The summed E-state index contributed by atoms with van der Waals surface area (Å²) in [5.74, 6) is 0.137. The van der Waals surface area contributed by atoms with Gasteiger partial charge in [-0.2, -0.15) is 0 Å². The fourth-order valence-electron chi connectivity index (χ4n) is 0.262. The fourth-order valence-corrected chi connectivity index (χ4v) is 2.36. The SMILES string of the molecule is ClC(Cl)CC(Cl)(Cl)Cl.ClCC(Cl)C(Cl)(Cl)Cl. The highest BCUT2D eigenvalue weighted by molar-refractivity contribution is 6.70. The average Bonchev–Trinajstić information content (AvgIpc) is 1.97. The molecule has 0 fully saturated rings. The Hall–Kier alpha value is 2.90. The number of rotatable bonds is 2. The molecule has 0 saturated carbocycles. The molecule has 0 heterocycles. The molecule has 16 heavy (non-hydrogen) atoms. The van der Waals surface area contributed by atoms with E-state index in [1.165, 1.54) is 0 Å². The molecule has 0 saturated heterocycles. The largest absolute Gasteiger partial charge is 0.207 e. The first-order chi connectivity index (χ1) is 6.90. The Morgan fingerprint density at radius 1 is 0.812 bits per heavy atom. The van der Waals surface area contributed by atoms with Gasteiger partial charge in [-0.3, -0.25) is 0 Å². The lowest BCUT2D eigenvalue weighted by atomic mass is 10.5. The quantitative estimate of drug-likeness (QED) is 0.423. The topological polar surface area (TPSA) is 0 Å². The van der Waals surface area contributed by atoms with Gasteiger partial charge in [0.25, 0.3) is 0 Å². The Bertz CT molecular complexity index is 167. The van der Waals surface area contributed by atoms with Crippen molar-refractivity contribution in [3.8, 4) is 0 Å². The summed E-state index contributed by atoms with van der Waals surface area (Å²) in [5.41, 5.74) is 0. The smallest absolute Gasteiger partial charge is 0.125 e. The Morgan fingerprint density at radius 3 is 1.19 bits per heavy atom. The Balaban J connectivity index is 0. The van der Waals surface area contributed by atoms with Gasteiger partial charge >= 0.3 is 0 Å². The third-order valence-electron chi connectivity index (χ3n) is 0.876. The molecule has 0 spiro atoms. The number of alkyl halides is 10. The van der Waals surface area contributed by atoms with Crippen LogP contribution in [0.3, 0.4) is 0 Å². The molecule has 0 aliphatic rings. The summed E-state index contributed by atoms with van der Waals surface area (Å²) in [6.45, 7) is 0. The van der Waals surface area contributed by atoms with Crippen molar-refractivity contribution in [2.24, 2.45) is 0 Å². The van der Waals surface area contributed by atoms with Gasteiger partial charge < -0.3 is 0 Å². The lowest BCUT2D eigenvalue weighted by molar-refractivity contribution is 0.938. The van der Waals surface area contributed by atoms with Gasteiger partial charge in [0, 0.05) is 12.3 Å². The molecule has 10 heteroatoms. The second kappa shape index (κ2) is 9.75. The van der Waals surface area contributed by atoms with Crippen LogP contribution >= 0.6 is 116 Å². The Labute approximate surface area is 145 Å². The molecule has 0 amide bonds. The van der Waals surface area contributed by atoms with Crippen LogP contribution in [0.15, 0.2) is 0 Å². The summed E-state index contributed by atoms with van der Waals surface area (Å²) in [6, 6.07) is 0. The fraction of sp³-hybridized carbons (Fsp3) is 1.00. The first kappa shape index (κ1) is 21.2. The van der Waals surface area contributed by atoms with Gasteiger partial charge in [-0.05, 0) is 0 Å². The molecule has 0 aromatic carbocycles. The van der Waals surface area contributed by atoms with E-state index in [0.29, 0.717) is 0 Å². The van der Waals surface area contributed by atoms with Gasteiger partial charge in [0.2, 0.25) is 3.79 Å². The maximum absolute atomic E-state index is 5.41. The van der Waals surface area contributed by atoms with Crippen molar-refractivity contribution in [2.75, 3.05) is 5.88 Å². The summed E-state index contributed by atoms with van der Waals surface area (Å²) in [4.78, 5) is -0.609. The molecular formula is C6H6Cl10. The monoisotopic (exact) mass is 428 g/mol. The van der Waals surface area contributed by atoms with Crippen LogP contribution in [-0.2, 0) is 0 Å². The van der Waals surface area contributed by atoms with Crippen molar-refractivity contribution in [3.05, 3.63) is 0 Å². The maximum Gasteiger partial charge on any atom is 0.207 e. The molecule has 0 aliphatic heterocycles. The van der Waals surface area contributed by atoms with Crippen LogP contribution in [0.2, 0.25) is 0 Å². The highest BCUT2D eigenvalue weighted by Crippen LogP contribution is 2.34. The van der Waals surface area contributed by atoms with Crippen molar-refractivity contribution in [3.63, 3.8) is 0 Å². The van der Waals surface area contributed by atoms with Gasteiger partial charge in [-0.15, -0.1) is 46.4 Å². The van der Waals surface area contributed by atoms with Crippen molar-refractivity contribution < 1.29 is 0 Å². The summed E-state index contributed by atoms with van der Waals surface area (Å²) in [7, 11) is 0. The normalized spacial score (nSPS) is 14.4. The second-order valence-corrected chi connectivity index (χ2v) is 9.37. The van der Waals surface area contributed by atoms with E-state index >= 15 is 0 Å². The minimum atomic E-state index is -1.44. The van der Waals surface area contributed by atoms with Crippen LogP contribution in [0.5, 0.6) is 0 Å². The molecular weight excluding hydrogens is 427 g/mol. The van der Waals surface area contributed by atoms with Crippen molar-refractivity contribution >= 4 is 116 Å². The van der Waals surface area contributed by atoms with E-state index in [0.717, 1.165) is 0 Å². The predicted octanol–water partition coefficient (Wildman–Crippen LogP) is 6.75. The van der Waals surface area contributed by atoms with E-state index in [1.807, 2.05) is 0 Å². The molecule has 1 unspecified atom stereocenters. The number of halogens is 10. The van der Waals surface area contributed by atoms with E-state index in [1.54, 1.807) is 0 Å². The highest BCUT2D eigenvalue weighted by Gasteiger charge is 2.29. The van der Waals surface area contributed by atoms with Crippen LogP contribution in [0.1, 0.15) is 6.42 Å². The van der Waals surface area contributed by atoms with Gasteiger partial charge in [-0.25, -0.2) is 0 Å². The van der Waals surface area contributed by atoms with Gasteiger partial charge in [0.1, 0.15) is 4.84 Å². The summed E-state index contributed by atoms with van der Waals surface area (Å²) < 4.78 is -2.77. The van der Waals surface area contributed by atoms with E-state index in [2.05, 4.69) is 0 Å². The molecule has 0 bridgehead atoms. The van der Waals surface area contributed by atoms with Crippen molar-refractivity contribution in [2.45, 2.75) is 24.2 Å². The van der Waals surface area contributed by atoms with Crippen LogP contribution in [0.4, 0.5) is 0 Å². The highest BCUT2D eigenvalue weighted by atomic mass is 35.6. The predicted molar refractivity (Wildman–Crippen MR) is 81.1 cm³/mol. The van der Waals surface area contributed by atoms with E-state index in [4.69, 9.17) is 116 Å². The van der Waals surface area contributed by atoms with Crippen LogP contribution in [-0.4, -0.2) is 23.7 Å². The first-order valence-corrected chi connectivity index (χ1v) is 7.63. The van der Waals surface area contributed by atoms with Crippen molar-refractivity contribution in [1.29, 1.82) is 0 Å². The second-order valence-electron chi connectivity index (χ2n) is 2.37. The van der Waals surface area contributed by atoms with Gasteiger partial charge in [0.15, 0.2) is 3.79 Å². The molecule has 0 aliphatic carbocycles. The molecule has 0 aromatic rings. The number of hydrogen-bond acceptors (Lipinski definition) is 0. The van der Waals surface area contributed by atoms with Crippen LogP contribution < -0.4 is 0 Å². The zero-order chi connectivity index (χ0) is 13.6. The molecule has 1 atom stereocenters. The maximum atomic E-state index is 5.41. The standard InChI is InChI=1S/2C3H3Cl5/c4-1-2(5)3(6,7)8;4-2(5)1-3(6,7)8/h2*2H,1H2. The average molecular weight is 433 g/mol. The molecule has 0 radical (unpaired) electrons. The number of hydrogen-bond donors (Lipinski definition) is 0. The Morgan fingerprint density at radius 2 is 1.19 bits per heavy atom. The van der Waals surface area contributed by atoms with E-state index in [9.17, 15) is 0 Å². The molecule has 0 rings (SSSR count). The zero-order valence-corrected chi connectivity index (χ0v) is 14.9. The summed E-state index contributed by atoms with van der Waals surface area (Å²) in [6.07, 6.45) is 0.154. The lowest BCUT2D eigenvalue weighted by Crippen LogP contribution is -2.20. The minimum Gasteiger partial charge on any atom is -0.125 e. The van der Waals surface area contributed by atoms with Crippen LogP contribution in [0, 0.1) is 0 Å². The third-order valence-corrected chi connectivity index (χ3v) is 3.72. The molecule has 0 aromatic heterocycles. The van der Waals surface area contributed by atoms with Crippen LogP contribution in [0.25, 0.3) is 0 Å². The summed E-state index contributed by atoms with van der Waals surface area (Å²) >= 11 is 53.0. The molecule has 0 nitrogen and oxygen atoms in total. The van der Waals surface area contributed by atoms with E-state index in [-0.39, 0.29) is 12.3 Å². The molecule has 100 valence electrons. The van der Waals surface area contributed by atoms with Gasteiger partial charge in [-0.1, -0.05) is 69.6 Å². The lowest BCUT2D eigenvalue weighted by Gasteiger charge is -2.13. The Kier molecular flexibility index (Phi) is 12.9. The van der Waals surface area contributed by atoms with E-state index < -0.39 is 17.8 Å². The first-order valence-electron chi connectivity index (χ1n) is 3.51.